The number of methoxy groups -OCH3 is 1. The summed E-state index contributed by atoms with van der Waals surface area (Å²) in [4.78, 5) is 2.30. The van der Waals surface area contributed by atoms with E-state index in [1.54, 1.807) is 7.11 Å². The molecule has 0 aromatic heterocycles. The molecule has 2 N–H and O–H groups in total. The highest BCUT2D eigenvalue weighted by molar-refractivity contribution is 5.59. The first-order valence-corrected chi connectivity index (χ1v) is 6.94. The van der Waals surface area contributed by atoms with Crippen molar-refractivity contribution in [1.29, 1.82) is 0 Å². The minimum Gasteiger partial charge on any atom is -0.390 e. The molecule has 19 heavy (non-hydrogen) atoms. The first-order chi connectivity index (χ1) is 9.22. The van der Waals surface area contributed by atoms with Gasteiger partial charge in [-0.15, -0.1) is 0 Å². The summed E-state index contributed by atoms with van der Waals surface area (Å²) < 4.78 is 4.97. The van der Waals surface area contributed by atoms with E-state index in [0.717, 1.165) is 13.0 Å². The number of hydrogen-bond donors (Lipinski definition) is 2. The summed E-state index contributed by atoms with van der Waals surface area (Å²) >= 11 is 0. The van der Waals surface area contributed by atoms with Crippen molar-refractivity contribution in [2.24, 2.45) is 0 Å². The van der Waals surface area contributed by atoms with E-state index in [1.807, 2.05) is 0 Å². The van der Waals surface area contributed by atoms with Gasteiger partial charge in [0.25, 0.3) is 0 Å². The molecule has 1 aromatic carbocycles. The fraction of sp³-hybridized carbons (Fsp3) is 0.600. The van der Waals surface area contributed by atoms with Crippen LogP contribution in [0.3, 0.4) is 0 Å². The summed E-state index contributed by atoms with van der Waals surface area (Å²) in [7, 11) is 1.68. The quantitative estimate of drug-likeness (QED) is 0.722. The molecule has 1 aliphatic rings. The Bertz CT molecular complexity index is 397. The molecule has 2 unspecified atom stereocenters. The Morgan fingerprint density at radius 2 is 2.26 bits per heavy atom. The molecule has 0 saturated carbocycles. The van der Waals surface area contributed by atoms with E-state index in [2.05, 4.69) is 41.4 Å². The van der Waals surface area contributed by atoms with Crippen LogP contribution in [0.15, 0.2) is 24.3 Å². The van der Waals surface area contributed by atoms with Crippen molar-refractivity contribution >= 4 is 5.69 Å². The molecule has 0 aliphatic carbocycles. The molecule has 4 nitrogen and oxygen atoms in total. The van der Waals surface area contributed by atoms with Gasteiger partial charge in [-0.1, -0.05) is 18.2 Å². The highest BCUT2D eigenvalue weighted by Crippen LogP contribution is 2.31. The van der Waals surface area contributed by atoms with Crippen LogP contribution >= 0.6 is 0 Å². The molecule has 0 radical (unpaired) electrons. The molecule has 0 spiro atoms. The molecule has 2 rings (SSSR count). The lowest BCUT2D eigenvalue weighted by Crippen LogP contribution is -2.41. The second-order valence-corrected chi connectivity index (χ2v) is 5.18. The number of rotatable bonds is 7. The Morgan fingerprint density at radius 3 is 3.05 bits per heavy atom. The number of aliphatic hydroxyl groups is 1. The summed E-state index contributed by atoms with van der Waals surface area (Å²) in [5.41, 5.74) is 2.65. The van der Waals surface area contributed by atoms with Gasteiger partial charge in [0.2, 0.25) is 0 Å². The highest BCUT2D eigenvalue weighted by atomic mass is 16.5. The van der Waals surface area contributed by atoms with Crippen LogP contribution in [0.25, 0.3) is 0 Å². The Balaban J connectivity index is 1.85. The number of anilines is 1. The molecule has 1 aromatic rings. The van der Waals surface area contributed by atoms with Gasteiger partial charge in [-0.05, 0) is 25.0 Å². The normalized spacial score (nSPS) is 19.5. The van der Waals surface area contributed by atoms with E-state index < -0.39 is 0 Å². The predicted molar refractivity (Wildman–Crippen MR) is 77.7 cm³/mol. The lowest BCUT2D eigenvalue weighted by atomic mass is 10.1. The minimum atomic E-state index is -0.356. The van der Waals surface area contributed by atoms with E-state index >= 15 is 0 Å². The monoisotopic (exact) mass is 264 g/mol. The van der Waals surface area contributed by atoms with Crippen molar-refractivity contribution in [2.45, 2.75) is 25.5 Å². The third-order valence-corrected chi connectivity index (χ3v) is 3.62. The summed E-state index contributed by atoms with van der Waals surface area (Å²) in [6.45, 7) is 4.95. The van der Waals surface area contributed by atoms with Gasteiger partial charge in [-0.25, -0.2) is 0 Å². The van der Waals surface area contributed by atoms with Gasteiger partial charge >= 0.3 is 0 Å². The third kappa shape index (κ3) is 3.69. The van der Waals surface area contributed by atoms with Gasteiger partial charge in [-0.2, -0.15) is 0 Å². The SMILES string of the molecule is COCCNCC(O)CN1c2ccccc2CC1C. The van der Waals surface area contributed by atoms with Gasteiger partial charge < -0.3 is 20.1 Å². The van der Waals surface area contributed by atoms with Gasteiger partial charge in [0.05, 0.1) is 12.7 Å². The maximum absolute atomic E-state index is 10.1. The maximum Gasteiger partial charge on any atom is 0.0839 e. The number of ether oxygens (including phenoxy) is 1. The van der Waals surface area contributed by atoms with E-state index in [9.17, 15) is 5.11 Å². The van der Waals surface area contributed by atoms with E-state index in [4.69, 9.17) is 4.74 Å². The molecule has 0 saturated heterocycles. The predicted octanol–water partition coefficient (Wildman–Crippen LogP) is 1.03. The van der Waals surface area contributed by atoms with Crippen LogP contribution in [-0.2, 0) is 11.2 Å². The average Bonchev–Trinajstić information content (AvgIpc) is 2.72. The summed E-state index contributed by atoms with van der Waals surface area (Å²) in [6, 6.07) is 8.93. The first kappa shape index (κ1) is 14.3. The lowest BCUT2D eigenvalue weighted by molar-refractivity contribution is 0.162. The van der Waals surface area contributed by atoms with Crippen LogP contribution in [0.2, 0.25) is 0 Å². The number of benzene rings is 1. The number of aliphatic hydroxyl groups excluding tert-OH is 1. The van der Waals surface area contributed by atoms with Crippen molar-refractivity contribution < 1.29 is 9.84 Å². The van der Waals surface area contributed by atoms with E-state index in [0.29, 0.717) is 25.7 Å². The van der Waals surface area contributed by atoms with Gasteiger partial charge in [-0.3, -0.25) is 0 Å². The molecule has 1 heterocycles. The van der Waals surface area contributed by atoms with E-state index in [1.165, 1.54) is 11.3 Å². The summed E-state index contributed by atoms with van der Waals surface area (Å²) in [6.07, 6.45) is 0.713. The van der Waals surface area contributed by atoms with Crippen molar-refractivity contribution in [3.05, 3.63) is 29.8 Å². The second kappa shape index (κ2) is 6.89. The molecule has 106 valence electrons. The first-order valence-electron chi connectivity index (χ1n) is 6.94. The van der Waals surface area contributed by atoms with E-state index in [-0.39, 0.29) is 6.10 Å². The average molecular weight is 264 g/mol. The summed E-state index contributed by atoms with van der Waals surface area (Å²) in [5, 5.41) is 13.3. The molecule has 4 heteroatoms. The van der Waals surface area contributed by atoms with Crippen molar-refractivity contribution in [1.82, 2.24) is 5.32 Å². The zero-order valence-electron chi connectivity index (χ0n) is 11.8. The van der Waals surface area contributed by atoms with Crippen molar-refractivity contribution in [3.8, 4) is 0 Å². The fourth-order valence-corrected chi connectivity index (χ4v) is 2.64. The lowest BCUT2D eigenvalue weighted by Gasteiger charge is -2.27. The van der Waals surface area contributed by atoms with Gasteiger partial charge in [0.15, 0.2) is 0 Å². The van der Waals surface area contributed by atoms with Crippen molar-refractivity contribution in [3.63, 3.8) is 0 Å². The second-order valence-electron chi connectivity index (χ2n) is 5.18. The van der Waals surface area contributed by atoms with Gasteiger partial charge in [0.1, 0.15) is 0 Å². The van der Waals surface area contributed by atoms with Crippen LogP contribution in [0.5, 0.6) is 0 Å². The molecular weight excluding hydrogens is 240 g/mol. The Kier molecular flexibility index (Phi) is 5.19. The number of nitrogens with one attached hydrogen (secondary N) is 1. The molecule has 2 atom stereocenters. The van der Waals surface area contributed by atoms with Crippen LogP contribution in [0.1, 0.15) is 12.5 Å². The number of fused-ring (bicyclic) bond motifs is 1. The van der Waals surface area contributed by atoms with Gasteiger partial charge in [0, 0.05) is 38.5 Å². The highest BCUT2D eigenvalue weighted by Gasteiger charge is 2.26. The maximum atomic E-state index is 10.1. The van der Waals surface area contributed by atoms with Crippen LogP contribution in [-0.4, -0.2) is 50.6 Å². The zero-order chi connectivity index (χ0) is 13.7. The standard InChI is InChI=1S/C15H24N2O2/c1-12-9-13-5-3-4-6-15(13)17(12)11-14(18)10-16-7-8-19-2/h3-6,12,14,16,18H,7-11H2,1-2H3. The minimum absolute atomic E-state index is 0.356. The third-order valence-electron chi connectivity index (χ3n) is 3.62. The number of hydrogen-bond acceptors (Lipinski definition) is 4. The Morgan fingerprint density at radius 1 is 1.47 bits per heavy atom. The molecule has 0 amide bonds. The molecule has 0 fully saturated rings. The zero-order valence-corrected chi connectivity index (χ0v) is 11.8. The topological polar surface area (TPSA) is 44.7 Å². The van der Waals surface area contributed by atoms with Crippen molar-refractivity contribution in [2.75, 3.05) is 38.3 Å². The van der Waals surface area contributed by atoms with Crippen LogP contribution in [0.4, 0.5) is 5.69 Å². The number of β-amino-alcohol motifs (C(OH)–C–C–N with tert-alkyl or cyclic N) is 1. The summed E-state index contributed by atoms with van der Waals surface area (Å²) in [5.74, 6) is 0. The molecular formula is C15H24N2O2. The number of para-hydroxylation sites is 1. The Hall–Kier alpha value is -1.10. The van der Waals surface area contributed by atoms with Crippen LogP contribution in [0, 0.1) is 0 Å². The Labute approximate surface area is 115 Å². The molecule has 0 bridgehead atoms. The smallest absolute Gasteiger partial charge is 0.0839 e. The largest absolute Gasteiger partial charge is 0.390 e. The van der Waals surface area contributed by atoms with Crippen LogP contribution < -0.4 is 10.2 Å². The fourth-order valence-electron chi connectivity index (χ4n) is 2.64. The number of nitrogens with zero attached hydrogens (tertiary/aromatic N) is 1. The molecule has 1 aliphatic heterocycles.